The molecule has 18 heavy (non-hydrogen) atoms. The Morgan fingerprint density at radius 2 is 2.22 bits per heavy atom. The van der Waals surface area contributed by atoms with Gasteiger partial charge in [0.25, 0.3) is 0 Å². The lowest BCUT2D eigenvalue weighted by Crippen LogP contribution is -2.37. The largest absolute Gasteiger partial charge is 0.393 e. The van der Waals surface area contributed by atoms with E-state index in [0.717, 1.165) is 44.0 Å². The van der Waals surface area contributed by atoms with Crippen molar-refractivity contribution in [2.24, 2.45) is 5.92 Å². The number of rotatable bonds is 6. The zero-order valence-electron chi connectivity index (χ0n) is 11.1. The van der Waals surface area contributed by atoms with Gasteiger partial charge in [-0.25, -0.2) is 9.97 Å². The standard InChI is InChI=1S/C13H22N4O/c1-3-4-14-12-7-13(16-9-15-12)17(2)8-10-5-11(18)6-10/h7,9-11,18H,3-6,8H2,1-2H3,(H,14,15,16). The topological polar surface area (TPSA) is 61.3 Å². The number of nitrogens with zero attached hydrogens (tertiary/aromatic N) is 3. The molecule has 0 amide bonds. The highest BCUT2D eigenvalue weighted by atomic mass is 16.3. The maximum Gasteiger partial charge on any atom is 0.133 e. The molecule has 1 aromatic heterocycles. The third-order valence-corrected chi connectivity index (χ3v) is 3.34. The molecule has 5 nitrogen and oxygen atoms in total. The zero-order valence-corrected chi connectivity index (χ0v) is 11.1. The first-order valence-corrected chi connectivity index (χ1v) is 6.64. The first-order chi connectivity index (χ1) is 8.69. The minimum atomic E-state index is -0.0874. The highest BCUT2D eigenvalue weighted by Gasteiger charge is 2.28. The van der Waals surface area contributed by atoms with Gasteiger partial charge in [-0.15, -0.1) is 0 Å². The molecule has 1 heterocycles. The fourth-order valence-electron chi connectivity index (χ4n) is 2.24. The number of aliphatic hydroxyl groups excluding tert-OH is 1. The van der Waals surface area contributed by atoms with Gasteiger partial charge in [0.2, 0.25) is 0 Å². The van der Waals surface area contributed by atoms with Crippen molar-refractivity contribution in [3.63, 3.8) is 0 Å². The van der Waals surface area contributed by atoms with Crippen LogP contribution in [-0.4, -0.2) is 41.3 Å². The fraction of sp³-hybridized carbons (Fsp3) is 0.692. The molecule has 5 heteroatoms. The summed E-state index contributed by atoms with van der Waals surface area (Å²) in [6, 6.07) is 1.98. The van der Waals surface area contributed by atoms with Crippen LogP contribution in [0.15, 0.2) is 12.4 Å². The van der Waals surface area contributed by atoms with E-state index in [0.29, 0.717) is 5.92 Å². The first-order valence-electron chi connectivity index (χ1n) is 6.64. The number of hydrogen-bond acceptors (Lipinski definition) is 5. The van der Waals surface area contributed by atoms with E-state index in [2.05, 4.69) is 27.1 Å². The Bertz CT molecular complexity index is 379. The van der Waals surface area contributed by atoms with Gasteiger partial charge in [0.1, 0.15) is 18.0 Å². The molecule has 0 aromatic carbocycles. The molecule has 2 rings (SSSR count). The van der Waals surface area contributed by atoms with E-state index in [1.54, 1.807) is 6.33 Å². The van der Waals surface area contributed by atoms with Crippen LogP contribution in [0.25, 0.3) is 0 Å². The number of anilines is 2. The molecule has 0 saturated heterocycles. The Balaban J connectivity index is 1.90. The molecule has 2 N–H and O–H groups in total. The maximum atomic E-state index is 9.29. The quantitative estimate of drug-likeness (QED) is 0.801. The summed E-state index contributed by atoms with van der Waals surface area (Å²) in [6.07, 6.45) is 4.41. The molecule has 0 unspecified atom stereocenters. The Morgan fingerprint density at radius 1 is 1.44 bits per heavy atom. The second-order valence-corrected chi connectivity index (χ2v) is 5.06. The zero-order chi connectivity index (χ0) is 13.0. The Kier molecular flexibility index (Phi) is 4.36. The molecular weight excluding hydrogens is 228 g/mol. The molecule has 1 aromatic rings. The van der Waals surface area contributed by atoms with Crippen LogP contribution in [-0.2, 0) is 0 Å². The van der Waals surface area contributed by atoms with Crippen LogP contribution >= 0.6 is 0 Å². The van der Waals surface area contributed by atoms with E-state index in [1.165, 1.54) is 0 Å². The van der Waals surface area contributed by atoms with Gasteiger partial charge in [0, 0.05) is 26.2 Å². The van der Waals surface area contributed by atoms with Gasteiger partial charge in [-0.2, -0.15) is 0 Å². The number of nitrogens with one attached hydrogen (secondary N) is 1. The van der Waals surface area contributed by atoms with Crippen molar-refractivity contribution in [3.05, 3.63) is 12.4 Å². The van der Waals surface area contributed by atoms with Gasteiger partial charge < -0.3 is 15.3 Å². The van der Waals surface area contributed by atoms with Crippen LogP contribution in [0.3, 0.4) is 0 Å². The summed E-state index contributed by atoms with van der Waals surface area (Å²) >= 11 is 0. The SMILES string of the molecule is CCCNc1cc(N(C)CC2CC(O)C2)ncn1. The molecule has 1 fully saturated rings. The second-order valence-electron chi connectivity index (χ2n) is 5.06. The summed E-state index contributed by atoms with van der Waals surface area (Å²) in [7, 11) is 2.04. The van der Waals surface area contributed by atoms with Crippen molar-refractivity contribution in [1.29, 1.82) is 0 Å². The van der Waals surface area contributed by atoms with Gasteiger partial charge in [0.05, 0.1) is 6.10 Å². The second kappa shape index (κ2) is 6.00. The smallest absolute Gasteiger partial charge is 0.133 e. The Hall–Kier alpha value is -1.36. The first kappa shape index (κ1) is 13.1. The van der Waals surface area contributed by atoms with Crippen molar-refractivity contribution in [1.82, 2.24) is 9.97 Å². The molecule has 1 aliphatic rings. The van der Waals surface area contributed by atoms with E-state index < -0.39 is 0 Å². The van der Waals surface area contributed by atoms with Crippen molar-refractivity contribution in [3.8, 4) is 0 Å². The minimum Gasteiger partial charge on any atom is -0.393 e. The van der Waals surface area contributed by atoms with Gasteiger partial charge in [-0.3, -0.25) is 0 Å². The third-order valence-electron chi connectivity index (χ3n) is 3.34. The van der Waals surface area contributed by atoms with Crippen LogP contribution in [0.2, 0.25) is 0 Å². The van der Waals surface area contributed by atoms with Crippen LogP contribution in [0, 0.1) is 5.92 Å². The lowest BCUT2D eigenvalue weighted by Gasteiger charge is -2.34. The van der Waals surface area contributed by atoms with E-state index in [-0.39, 0.29) is 6.10 Å². The number of hydrogen-bond donors (Lipinski definition) is 2. The average Bonchev–Trinajstić information content (AvgIpc) is 2.35. The molecule has 0 radical (unpaired) electrons. The Labute approximate surface area is 108 Å². The minimum absolute atomic E-state index is 0.0874. The van der Waals surface area contributed by atoms with Crippen LogP contribution in [0.1, 0.15) is 26.2 Å². The highest BCUT2D eigenvalue weighted by Crippen LogP contribution is 2.28. The molecule has 1 saturated carbocycles. The van der Waals surface area contributed by atoms with Crippen LogP contribution in [0.5, 0.6) is 0 Å². The predicted octanol–water partition coefficient (Wildman–Crippen LogP) is 1.51. The molecule has 100 valence electrons. The molecular formula is C13H22N4O. The van der Waals surface area contributed by atoms with Gasteiger partial charge >= 0.3 is 0 Å². The summed E-state index contributed by atoms with van der Waals surface area (Å²) in [4.78, 5) is 10.6. The van der Waals surface area contributed by atoms with E-state index in [9.17, 15) is 5.11 Å². The summed E-state index contributed by atoms with van der Waals surface area (Å²) < 4.78 is 0. The molecule has 0 spiro atoms. The molecule has 0 atom stereocenters. The van der Waals surface area contributed by atoms with Crippen molar-refractivity contribution >= 4 is 11.6 Å². The summed E-state index contributed by atoms with van der Waals surface area (Å²) in [5.74, 6) is 2.40. The summed E-state index contributed by atoms with van der Waals surface area (Å²) in [6.45, 7) is 4.00. The van der Waals surface area contributed by atoms with Gasteiger partial charge in [0.15, 0.2) is 0 Å². The van der Waals surface area contributed by atoms with Crippen molar-refractivity contribution in [2.45, 2.75) is 32.3 Å². The van der Waals surface area contributed by atoms with Gasteiger partial charge in [-0.1, -0.05) is 6.92 Å². The normalized spacial score (nSPS) is 22.4. The van der Waals surface area contributed by atoms with Crippen molar-refractivity contribution < 1.29 is 5.11 Å². The van der Waals surface area contributed by atoms with Gasteiger partial charge in [-0.05, 0) is 25.2 Å². The predicted molar refractivity (Wildman–Crippen MR) is 72.8 cm³/mol. The summed E-state index contributed by atoms with van der Waals surface area (Å²) in [5, 5.41) is 12.5. The third kappa shape index (κ3) is 3.32. The highest BCUT2D eigenvalue weighted by molar-refractivity contribution is 5.47. The number of aromatic nitrogens is 2. The lowest BCUT2D eigenvalue weighted by molar-refractivity contribution is 0.0464. The average molecular weight is 250 g/mol. The number of aliphatic hydroxyl groups is 1. The maximum absolute atomic E-state index is 9.29. The molecule has 1 aliphatic carbocycles. The van der Waals surface area contributed by atoms with Crippen LogP contribution < -0.4 is 10.2 Å². The van der Waals surface area contributed by atoms with Crippen molar-refractivity contribution in [2.75, 3.05) is 30.4 Å². The summed E-state index contributed by atoms with van der Waals surface area (Å²) in [5.41, 5.74) is 0. The lowest BCUT2D eigenvalue weighted by atomic mass is 9.82. The fourth-order valence-corrected chi connectivity index (χ4v) is 2.24. The van der Waals surface area contributed by atoms with E-state index in [1.807, 2.05) is 13.1 Å². The van der Waals surface area contributed by atoms with E-state index >= 15 is 0 Å². The Morgan fingerprint density at radius 3 is 2.89 bits per heavy atom. The molecule has 0 bridgehead atoms. The monoisotopic (exact) mass is 250 g/mol. The molecule has 0 aliphatic heterocycles. The van der Waals surface area contributed by atoms with Crippen LogP contribution in [0.4, 0.5) is 11.6 Å². The van der Waals surface area contributed by atoms with E-state index in [4.69, 9.17) is 0 Å².